The van der Waals surface area contributed by atoms with Crippen molar-refractivity contribution >= 4 is 24.0 Å². The average Bonchev–Trinajstić information content (AvgIpc) is 2.80. The van der Waals surface area contributed by atoms with Crippen LogP contribution in [0.3, 0.4) is 0 Å². The van der Waals surface area contributed by atoms with Gasteiger partial charge in [0, 0.05) is 19.1 Å². The summed E-state index contributed by atoms with van der Waals surface area (Å²) in [6.07, 6.45) is -0.440. The Labute approximate surface area is 139 Å². The lowest BCUT2D eigenvalue weighted by atomic mass is 10.1. The molecule has 4 N–H and O–H groups in total. The average molecular weight is 348 g/mol. The summed E-state index contributed by atoms with van der Waals surface area (Å²) in [6.45, 7) is 8.02. The van der Waals surface area contributed by atoms with E-state index in [1.54, 1.807) is 27.7 Å². The van der Waals surface area contributed by atoms with Crippen LogP contribution in [0.2, 0.25) is 0 Å². The largest absolute Gasteiger partial charge is 0.473 e. The van der Waals surface area contributed by atoms with E-state index in [9.17, 15) is 9.59 Å². The van der Waals surface area contributed by atoms with Gasteiger partial charge in [-0.3, -0.25) is 4.79 Å². The van der Waals surface area contributed by atoms with Gasteiger partial charge in [0.25, 0.3) is 0 Å². The molecule has 0 saturated carbocycles. The van der Waals surface area contributed by atoms with Gasteiger partial charge in [0.1, 0.15) is 5.60 Å². The summed E-state index contributed by atoms with van der Waals surface area (Å²) in [4.78, 5) is 43.1. The van der Waals surface area contributed by atoms with Crippen molar-refractivity contribution < 1.29 is 38.9 Å². The molecule has 0 aliphatic carbocycles. The van der Waals surface area contributed by atoms with E-state index >= 15 is 0 Å². The van der Waals surface area contributed by atoms with Gasteiger partial charge in [-0.15, -0.1) is 0 Å². The van der Waals surface area contributed by atoms with Crippen molar-refractivity contribution in [3.05, 3.63) is 0 Å². The van der Waals surface area contributed by atoms with Gasteiger partial charge in [-0.2, -0.15) is 0 Å². The Kier molecular flexibility index (Phi) is 8.17. The number of nitrogens with zero attached hydrogens (tertiary/aromatic N) is 1. The van der Waals surface area contributed by atoms with Gasteiger partial charge in [0.05, 0.1) is 12.5 Å². The highest BCUT2D eigenvalue weighted by Crippen LogP contribution is 2.20. The van der Waals surface area contributed by atoms with Crippen molar-refractivity contribution in [1.29, 1.82) is 0 Å². The summed E-state index contributed by atoms with van der Waals surface area (Å²) in [5.74, 6) is -4.46. The van der Waals surface area contributed by atoms with E-state index in [0.717, 1.165) is 0 Å². The number of hydrogen-bond acceptors (Lipinski definition) is 7. The number of carbonyl (C=O) groups excluding carboxylic acids is 2. The van der Waals surface area contributed by atoms with Crippen molar-refractivity contribution in [3.8, 4) is 0 Å². The third-order valence-electron chi connectivity index (χ3n) is 2.79. The quantitative estimate of drug-likeness (QED) is 0.458. The van der Waals surface area contributed by atoms with Crippen LogP contribution in [0.15, 0.2) is 0 Å². The number of aliphatic carboxylic acids is 2. The highest BCUT2D eigenvalue weighted by Gasteiger charge is 2.39. The lowest BCUT2D eigenvalue weighted by molar-refractivity contribution is -0.159. The normalized spacial score (nSPS) is 19.8. The summed E-state index contributed by atoms with van der Waals surface area (Å²) >= 11 is 0. The molecule has 0 bridgehead atoms. The molecule has 1 rings (SSSR count). The highest BCUT2D eigenvalue weighted by molar-refractivity contribution is 6.27. The number of hydrogen-bond donors (Lipinski definition) is 3. The second-order valence-electron chi connectivity index (χ2n) is 6.02. The number of ether oxygens (including phenoxy) is 2. The predicted molar refractivity (Wildman–Crippen MR) is 81.2 cm³/mol. The fraction of sp³-hybridized carbons (Fsp3) is 0.714. The number of carbonyl (C=O) groups is 4. The fourth-order valence-corrected chi connectivity index (χ4v) is 1.80. The minimum absolute atomic E-state index is 0.259. The predicted octanol–water partition coefficient (Wildman–Crippen LogP) is -0.101. The molecule has 1 heterocycles. The molecule has 0 spiro atoms. The number of carboxylic acids is 2. The summed E-state index contributed by atoms with van der Waals surface area (Å²) in [5, 5.41) is 14.8. The van der Waals surface area contributed by atoms with Crippen LogP contribution in [-0.4, -0.2) is 70.5 Å². The zero-order valence-electron chi connectivity index (χ0n) is 14.1. The van der Waals surface area contributed by atoms with E-state index in [1.807, 2.05) is 0 Å². The van der Waals surface area contributed by atoms with Crippen LogP contribution in [0.5, 0.6) is 0 Å². The van der Waals surface area contributed by atoms with Crippen LogP contribution in [0.4, 0.5) is 4.79 Å². The van der Waals surface area contributed by atoms with Crippen molar-refractivity contribution in [2.45, 2.75) is 39.3 Å². The second-order valence-corrected chi connectivity index (χ2v) is 6.02. The van der Waals surface area contributed by atoms with Crippen LogP contribution in [0.1, 0.15) is 27.7 Å². The molecular weight excluding hydrogens is 324 g/mol. The number of rotatable bonds is 2. The Morgan fingerprint density at radius 1 is 1.12 bits per heavy atom. The van der Waals surface area contributed by atoms with Crippen molar-refractivity contribution in [2.24, 2.45) is 11.7 Å². The van der Waals surface area contributed by atoms with Gasteiger partial charge in [0.15, 0.2) is 0 Å². The Morgan fingerprint density at radius 2 is 1.62 bits per heavy atom. The molecule has 1 aliphatic rings. The molecule has 1 saturated heterocycles. The zero-order chi connectivity index (χ0) is 19.1. The van der Waals surface area contributed by atoms with Gasteiger partial charge < -0.3 is 30.3 Å². The topological polar surface area (TPSA) is 156 Å². The molecule has 1 fully saturated rings. The highest BCUT2D eigenvalue weighted by atomic mass is 16.6. The van der Waals surface area contributed by atoms with E-state index in [4.69, 9.17) is 35.0 Å². The van der Waals surface area contributed by atoms with Crippen LogP contribution in [0, 0.1) is 5.92 Å². The van der Waals surface area contributed by atoms with Crippen molar-refractivity contribution in [3.63, 3.8) is 0 Å². The van der Waals surface area contributed by atoms with Crippen LogP contribution in [0.25, 0.3) is 0 Å². The SMILES string of the molecule is CCOC(=O)[C@H]1CN(C(=O)OC(C)(C)C)C[C@H]1N.O=C(O)C(=O)O. The Hall–Kier alpha value is -2.36. The minimum atomic E-state index is -1.82. The molecule has 0 unspecified atom stereocenters. The summed E-state index contributed by atoms with van der Waals surface area (Å²) in [6, 6.07) is -0.392. The monoisotopic (exact) mass is 348 g/mol. The molecule has 10 nitrogen and oxygen atoms in total. The Bertz CT molecular complexity index is 474. The molecule has 1 amide bonds. The van der Waals surface area contributed by atoms with Crippen molar-refractivity contribution in [2.75, 3.05) is 19.7 Å². The van der Waals surface area contributed by atoms with E-state index in [-0.39, 0.29) is 12.5 Å². The first-order valence-corrected chi connectivity index (χ1v) is 7.25. The molecule has 0 aromatic rings. The first-order chi connectivity index (χ1) is 10.9. The maximum atomic E-state index is 11.8. The zero-order valence-corrected chi connectivity index (χ0v) is 14.1. The third kappa shape index (κ3) is 7.77. The van der Waals surface area contributed by atoms with Crippen LogP contribution >= 0.6 is 0 Å². The van der Waals surface area contributed by atoms with Crippen LogP contribution in [-0.2, 0) is 23.9 Å². The lowest BCUT2D eigenvalue weighted by Crippen LogP contribution is -2.36. The fourth-order valence-electron chi connectivity index (χ4n) is 1.80. The van der Waals surface area contributed by atoms with Gasteiger partial charge >= 0.3 is 24.0 Å². The molecule has 2 atom stereocenters. The molecule has 24 heavy (non-hydrogen) atoms. The summed E-state index contributed by atoms with van der Waals surface area (Å²) in [7, 11) is 0. The van der Waals surface area contributed by atoms with E-state index in [1.165, 1.54) is 4.90 Å². The first-order valence-electron chi connectivity index (χ1n) is 7.25. The smallest absolute Gasteiger partial charge is 0.414 e. The third-order valence-corrected chi connectivity index (χ3v) is 2.79. The number of likely N-dealkylation sites (tertiary alicyclic amines) is 1. The van der Waals surface area contributed by atoms with Gasteiger partial charge in [-0.25, -0.2) is 14.4 Å². The standard InChI is InChI=1S/C12H22N2O4.C2H2O4/c1-5-17-10(15)8-6-14(7-9(8)13)11(16)18-12(2,3)4;3-1(4)2(5)6/h8-9H,5-7,13H2,1-4H3;(H,3,4)(H,5,6)/t8-,9+;/m0./s1. The molecule has 0 aromatic heterocycles. The summed E-state index contributed by atoms with van der Waals surface area (Å²) < 4.78 is 10.2. The number of carboxylic acid groups (broad SMARTS) is 2. The van der Waals surface area contributed by atoms with Gasteiger partial charge in [0.2, 0.25) is 0 Å². The molecular formula is C14H24N2O8. The van der Waals surface area contributed by atoms with E-state index in [0.29, 0.717) is 13.2 Å². The Morgan fingerprint density at radius 3 is 2.00 bits per heavy atom. The van der Waals surface area contributed by atoms with Gasteiger partial charge in [-0.1, -0.05) is 0 Å². The number of esters is 1. The Balaban J connectivity index is 0.000000754. The maximum absolute atomic E-state index is 11.8. The minimum Gasteiger partial charge on any atom is -0.473 e. The molecule has 0 aromatic carbocycles. The number of amides is 1. The molecule has 10 heteroatoms. The summed E-state index contributed by atoms with van der Waals surface area (Å²) in [5.41, 5.74) is 5.30. The molecule has 138 valence electrons. The molecule has 1 aliphatic heterocycles. The maximum Gasteiger partial charge on any atom is 0.414 e. The van der Waals surface area contributed by atoms with Crippen LogP contribution < -0.4 is 5.73 Å². The second kappa shape index (κ2) is 9.06. The lowest BCUT2D eigenvalue weighted by Gasteiger charge is -2.24. The van der Waals surface area contributed by atoms with Gasteiger partial charge in [-0.05, 0) is 27.7 Å². The first kappa shape index (κ1) is 21.6. The van der Waals surface area contributed by atoms with Crippen molar-refractivity contribution in [1.82, 2.24) is 4.90 Å². The van der Waals surface area contributed by atoms with E-state index < -0.39 is 35.6 Å². The number of nitrogens with two attached hydrogens (primary N) is 1. The van der Waals surface area contributed by atoms with E-state index in [2.05, 4.69) is 0 Å². The molecule has 0 radical (unpaired) electrons.